The molecule has 0 saturated heterocycles. The highest BCUT2D eigenvalue weighted by atomic mass is 79.9. The predicted octanol–water partition coefficient (Wildman–Crippen LogP) is 2.80. The van der Waals surface area contributed by atoms with Crippen molar-refractivity contribution in [1.82, 2.24) is 9.55 Å². The van der Waals surface area contributed by atoms with Crippen molar-refractivity contribution >= 4 is 28.6 Å². The zero-order valence-corrected chi connectivity index (χ0v) is 11.9. The Balaban J connectivity index is 2.49. The molecule has 0 saturated carbocycles. The maximum Gasteiger partial charge on any atom is 0.267 e. The molecule has 0 spiro atoms. The predicted molar refractivity (Wildman–Crippen MR) is 73.3 cm³/mol. The third-order valence-corrected chi connectivity index (χ3v) is 3.69. The van der Waals surface area contributed by atoms with Crippen LogP contribution >= 0.6 is 28.6 Å². The van der Waals surface area contributed by atoms with Crippen molar-refractivity contribution < 1.29 is 0 Å². The lowest BCUT2D eigenvalue weighted by molar-refractivity contribution is 0.562. The molecular weight excluding hydrogens is 288 g/mol. The molecule has 1 aromatic rings. The lowest BCUT2D eigenvalue weighted by Gasteiger charge is -2.06. The molecule has 0 atom stereocenters. The molecule has 0 fully saturated rings. The lowest BCUT2D eigenvalue weighted by Crippen LogP contribution is -2.22. The molecule has 0 N–H and O–H groups in total. The van der Waals surface area contributed by atoms with Crippen LogP contribution in [-0.4, -0.2) is 15.3 Å². The van der Waals surface area contributed by atoms with Gasteiger partial charge in [0.2, 0.25) is 0 Å². The molecule has 0 aliphatic carbocycles. The van der Waals surface area contributed by atoms with E-state index < -0.39 is 0 Å². The number of aromatic nitrogens is 2. The van der Waals surface area contributed by atoms with Gasteiger partial charge in [-0.05, 0) is 41.4 Å². The largest absolute Gasteiger partial charge is 0.298 e. The smallest absolute Gasteiger partial charge is 0.267 e. The molecule has 0 amide bonds. The van der Waals surface area contributed by atoms with Crippen molar-refractivity contribution in [3.8, 4) is 0 Å². The second kappa shape index (κ2) is 7.12. The second-order valence-corrected chi connectivity index (χ2v) is 5.02. The fraction of sp³-hybridized carbons (Fsp3) is 0.636. The minimum absolute atomic E-state index is 0.0155. The average Bonchev–Trinajstić information content (AvgIpc) is 2.28. The van der Waals surface area contributed by atoms with Crippen LogP contribution in [0.3, 0.4) is 0 Å². The summed E-state index contributed by atoms with van der Waals surface area (Å²) in [4.78, 5) is 15.9. The summed E-state index contributed by atoms with van der Waals surface area (Å²) in [6, 6.07) is 0. The average molecular weight is 305 g/mol. The molecule has 1 aromatic heterocycles. The minimum atomic E-state index is 0.0155. The fourth-order valence-electron chi connectivity index (χ4n) is 1.45. The van der Waals surface area contributed by atoms with Gasteiger partial charge in [-0.2, -0.15) is 12.6 Å². The molecule has 0 aliphatic rings. The van der Waals surface area contributed by atoms with Crippen LogP contribution in [0.2, 0.25) is 0 Å². The van der Waals surface area contributed by atoms with Gasteiger partial charge in [-0.25, -0.2) is 4.98 Å². The lowest BCUT2D eigenvalue weighted by atomic mass is 10.2. The number of hydrogen-bond donors (Lipinski definition) is 1. The first-order chi connectivity index (χ1) is 7.66. The highest BCUT2D eigenvalue weighted by molar-refractivity contribution is 9.10. The van der Waals surface area contributed by atoms with Gasteiger partial charge in [0.15, 0.2) is 0 Å². The van der Waals surface area contributed by atoms with E-state index in [1.807, 2.05) is 6.92 Å². The van der Waals surface area contributed by atoms with Gasteiger partial charge in [0.1, 0.15) is 4.47 Å². The standard InChI is InChI=1S/C11H17BrN2OS/c1-9-10(12)11(15)14(8-13-9)6-4-2-3-5-7-16/h8,16H,2-7H2,1H3. The van der Waals surface area contributed by atoms with Crippen molar-refractivity contribution in [3.63, 3.8) is 0 Å². The Kier molecular flexibility index (Phi) is 6.13. The number of hydrogen-bond acceptors (Lipinski definition) is 3. The van der Waals surface area contributed by atoms with Gasteiger partial charge < -0.3 is 0 Å². The molecule has 0 bridgehead atoms. The molecule has 3 nitrogen and oxygen atoms in total. The van der Waals surface area contributed by atoms with Gasteiger partial charge >= 0.3 is 0 Å². The first-order valence-corrected chi connectivity index (χ1v) is 6.91. The van der Waals surface area contributed by atoms with Crippen LogP contribution in [0.1, 0.15) is 31.4 Å². The monoisotopic (exact) mass is 304 g/mol. The van der Waals surface area contributed by atoms with Gasteiger partial charge in [-0.15, -0.1) is 0 Å². The van der Waals surface area contributed by atoms with Crippen LogP contribution in [0.25, 0.3) is 0 Å². The first kappa shape index (κ1) is 13.8. The van der Waals surface area contributed by atoms with Crippen LogP contribution < -0.4 is 5.56 Å². The van der Waals surface area contributed by atoms with E-state index in [0.29, 0.717) is 4.47 Å². The molecule has 0 aromatic carbocycles. The van der Waals surface area contributed by atoms with Gasteiger partial charge in [-0.1, -0.05) is 12.8 Å². The Hall–Kier alpha value is -0.290. The van der Waals surface area contributed by atoms with E-state index in [9.17, 15) is 4.79 Å². The van der Waals surface area contributed by atoms with Gasteiger partial charge in [-0.3, -0.25) is 9.36 Å². The van der Waals surface area contributed by atoms with E-state index >= 15 is 0 Å². The summed E-state index contributed by atoms with van der Waals surface area (Å²) in [6.07, 6.45) is 6.11. The molecule has 0 radical (unpaired) electrons. The Bertz CT molecular complexity index is 392. The van der Waals surface area contributed by atoms with Crippen molar-refractivity contribution in [2.75, 3.05) is 5.75 Å². The molecule has 0 aliphatic heterocycles. The summed E-state index contributed by atoms with van der Waals surface area (Å²) >= 11 is 7.42. The Morgan fingerprint density at radius 2 is 2.06 bits per heavy atom. The van der Waals surface area contributed by atoms with Crippen LogP contribution in [0, 0.1) is 6.92 Å². The summed E-state index contributed by atoms with van der Waals surface area (Å²) in [5.74, 6) is 0.942. The van der Waals surface area contributed by atoms with Crippen LogP contribution in [0.4, 0.5) is 0 Å². The van der Waals surface area contributed by atoms with E-state index in [0.717, 1.165) is 37.3 Å². The van der Waals surface area contributed by atoms with Gasteiger partial charge in [0.05, 0.1) is 12.0 Å². The van der Waals surface area contributed by atoms with E-state index in [-0.39, 0.29) is 5.56 Å². The molecule has 90 valence electrons. The summed E-state index contributed by atoms with van der Waals surface area (Å²) in [7, 11) is 0. The van der Waals surface area contributed by atoms with Crippen molar-refractivity contribution in [2.24, 2.45) is 0 Å². The Morgan fingerprint density at radius 1 is 1.38 bits per heavy atom. The molecule has 1 heterocycles. The fourth-order valence-corrected chi connectivity index (χ4v) is 2.01. The molecule has 5 heteroatoms. The van der Waals surface area contributed by atoms with E-state index in [4.69, 9.17) is 0 Å². The van der Waals surface area contributed by atoms with E-state index in [1.54, 1.807) is 10.9 Å². The van der Waals surface area contributed by atoms with Gasteiger partial charge in [0.25, 0.3) is 5.56 Å². The SMILES string of the molecule is Cc1ncn(CCCCCCS)c(=O)c1Br. The third kappa shape index (κ3) is 3.94. The second-order valence-electron chi connectivity index (χ2n) is 3.78. The first-order valence-electron chi connectivity index (χ1n) is 5.49. The van der Waals surface area contributed by atoms with E-state index in [1.165, 1.54) is 6.42 Å². The number of thiol groups is 1. The number of rotatable bonds is 6. The molecule has 0 unspecified atom stereocenters. The van der Waals surface area contributed by atoms with Gasteiger partial charge in [0, 0.05) is 6.54 Å². The summed E-state index contributed by atoms with van der Waals surface area (Å²) in [6.45, 7) is 2.57. The Morgan fingerprint density at radius 3 is 2.75 bits per heavy atom. The Labute approximate surface area is 110 Å². The van der Waals surface area contributed by atoms with Crippen LogP contribution in [0.15, 0.2) is 15.6 Å². The van der Waals surface area contributed by atoms with E-state index in [2.05, 4.69) is 33.5 Å². The maximum atomic E-state index is 11.8. The highest BCUT2D eigenvalue weighted by Crippen LogP contribution is 2.07. The number of halogens is 1. The molecule has 1 rings (SSSR count). The number of nitrogens with zero attached hydrogens (tertiary/aromatic N) is 2. The zero-order valence-electron chi connectivity index (χ0n) is 9.45. The maximum absolute atomic E-state index is 11.8. The number of unbranched alkanes of at least 4 members (excludes halogenated alkanes) is 3. The van der Waals surface area contributed by atoms with Crippen LogP contribution in [-0.2, 0) is 6.54 Å². The zero-order chi connectivity index (χ0) is 12.0. The summed E-state index contributed by atoms with van der Waals surface area (Å²) in [5.41, 5.74) is 0.762. The minimum Gasteiger partial charge on any atom is -0.298 e. The normalized spacial score (nSPS) is 10.7. The summed E-state index contributed by atoms with van der Waals surface area (Å²) < 4.78 is 2.24. The molecule has 16 heavy (non-hydrogen) atoms. The van der Waals surface area contributed by atoms with Crippen LogP contribution in [0.5, 0.6) is 0 Å². The topological polar surface area (TPSA) is 34.9 Å². The van der Waals surface area contributed by atoms with Crippen molar-refractivity contribution in [1.29, 1.82) is 0 Å². The molecular formula is C11H17BrN2OS. The third-order valence-electron chi connectivity index (χ3n) is 2.46. The highest BCUT2D eigenvalue weighted by Gasteiger charge is 2.04. The quantitative estimate of drug-likeness (QED) is 0.648. The summed E-state index contributed by atoms with van der Waals surface area (Å²) in [5, 5.41) is 0. The van der Waals surface area contributed by atoms with Crippen molar-refractivity contribution in [2.45, 2.75) is 39.2 Å². The number of aryl methyl sites for hydroxylation is 2. The van der Waals surface area contributed by atoms with Crippen molar-refractivity contribution in [3.05, 3.63) is 26.8 Å².